The summed E-state index contributed by atoms with van der Waals surface area (Å²) in [6, 6.07) is 1.99. The Morgan fingerprint density at radius 3 is 2.73 bits per heavy atom. The summed E-state index contributed by atoms with van der Waals surface area (Å²) >= 11 is 0. The topological polar surface area (TPSA) is 41.0 Å². The Hall–Kier alpha value is -1.32. The lowest BCUT2D eigenvalue weighted by molar-refractivity contribution is 0.723. The van der Waals surface area contributed by atoms with Crippen LogP contribution < -0.4 is 10.2 Å². The molecule has 15 heavy (non-hydrogen) atoms. The second-order valence-electron chi connectivity index (χ2n) is 3.44. The largest absolute Gasteiger partial charge is 0.373 e. The van der Waals surface area contributed by atoms with E-state index in [0.29, 0.717) is 0 Å². The number of unbranched alkanes of at least 4 members (excludes halogenated alkanes) is 1. The van der Waals surface area contributed by atoms with Crippen LogP contribution in [-0.4, -0.2) is 30.1 Å². The molecule has 0 aliphatic rings. The lowest BCUT2D eigenvalue weighted by atomic mass is 10.3. The van der Waals surface area contributed by atoms with Crippen LogP contribution in [0.25, 0.3) is 0 Å². The van der Waals surface area contributed by atoms with Crippen LogP contribution in [0.4, 0.5) is 11.6 Å². The van der Waals surface area contributed by atoms with Gasteiger partial charge >= 0.3 is 0 Å². The van der Waals surface area contributed by atoms with Crippen LogP contribution >= 0.6 is 0 Å². The third kappa shape index (κ3) is 3.38. The zero-order valence-electron chi connectivity index (χ0n) is 9.82. The molecule has 0 aliphatic heterocycles. The number of aromatic nitrogens is 2. The molecule has 0 spiro atoms. The molecule has 4 nitrogen and oxygen atoms in total. The first kappa shape index (κ1) is 11.8. The first-order valence-corrected chi connectivity index (χ1v) is 5.56. The van der Waals surface area contributed by atoms with Gasteiger partial charge in [0.2, 0.25) is 0 Å². The average molecular weight is 208 g/mol. The highest BCUT2D eigenvalue weighted by molar-refractivity contribution is 5.47. The summed E-state index contributed by atoms with van der Waals surface area (Å²) in [5, 5.41) is 3.02. The fraction of sp³-hybridized carbons (Fsp3) is 0.636. The van der Waals surface area contributed by atoms with Crippen LogP contribution in [0.5, 0.6) is 0 Å². The lowest BCUT2D eigenvalue weighted by Crippen LogP contribution is -2.24. The van der Waals surface area contributed by atoms with Gasteiger partial charge in [0.15, 0.2) is 0 Å². The van der Waals surface area contributed by atoms with E-state index in [4.69, 9.17) is 0 Å². The molecule has 0 aliphatic carbocycles. The van der Waals surface area contributed by atoms with Crippen molar-refractivity contribution >= 4 is 11.6 Å². The SMILES string of the molecule is CCCCN(CC)c1cc(NC)ncn1. The molecule has 0 saturated heterocycles. The smallest absolute Gasteiger partial charge is 0.134 e. The first-order valence-electron chi connectivity index (χ1n) is 5.56. The number of rotatable bonds is 6. The normalized spacial score (nSPS) is 10.1. The number of anilines is 2. The molecule has 1 rings (SSSR count). The molecular formula is C11H20N4. The van der Waals surface area contributed by atoms with Gasteiger partial charge in [-0.3, -0.25) is 0 Å². The van der Waals surface area contributed by atoms with E-state index >= 15 is 0 Å². The predicted octanol–water partition coefficient (Wildman–Crippen LogP) is 2.14. The van der Waals surface area contributed by atoms with E-state index in [2.05, 4.69) is 34.0 Å². The maximum Gasteiger partial charge on any atom is 0.134 e. The summed E-state index contributed by atoms with van der Waals surface area (Å²) in [5.74, 6) is 1.88. The molecule has 1 aromatic rings. The first-order chi connectivity index (χ1) is 7.31. The molecule has 1 N–H and O–H groups in total. The quantitative estimate of drug-likeness (QED) is 0.777. The molecule has 4 heteroatoms. The fourth-order valence-corrected chi connectivity index (χ4v) is 1.44. The third-order valence-electron chi connectivity index (χ3n) is 2.40. The Kier molecular flexibility index (Phi) is 4.87. The van der Waals surface area contributed by atoms with E-state index in [0.717, 1.165) is 24.7 Å². The monoisotopic (exact) mass is 208 g/mol. The van der Waals surface area contributed by atoms with Gasteiger partial charge in [-0.2, -0.15) is 0 Å². The second kappa shape index (κ2) is 6.22. The van der Waals surface area contributed by atoms with Gasteiger partial charge in [0.05, 0.1) is 0 Å². The highest BCUT2D eigenvalue weighted by Crippen LogP contribution is 2.13. The van der Waals surface area contributed by atoms with E-state index in [1.165, 1.54) is 12.8 Å². The van der Waals surface area contributed by atoms with E-state index in [1.54, 1.807) is 6.33 Å². The van der Waals surface area contributed by atoms with Crippen molar-refractivity contribution in [3.63, 3.8) is 0 Å². The minimum Gasteiger partial charge on any atom is -0.373 e. The molecule has 84 valence electrons. The van der Waals surface area contributed by atoms with Crippen molar-refractivity contribution < 1.29 is 0 Å². The number of hydrogen-bond donors (Lipinski definition) is 1. The molecule has 0 atom stereocenters. The zero-order chi connectivity index (χ0) is 11.1. The summed E-state index contributed by atoms with van der Waals surface area (Å²) in [6.07, 6.45) is 4.02. The van der Waals surface area contributed by atoms with Crippen LogP contribution in [0.15, 0.2) is 12.4 Å². The van der Waals surface area contributed by atoms with Crippen molar-refractivity contribution in [2.24, 2.45) is 0 Å². The molecule has 0 fully saturated rings. The predicted molar refractivity (Wildman–Crippen MR) is 64.4 cm³/mol. The van der Waals surface area contributed by atoms with Gasteiger partial charge in [0.25, 0.3) is 0 Å². The number of nitrogens with one attached hydrogen (secondary N) is 1. The molecule has 0 amide bonds. The van der Waals surface area contributed by atoms with Gasteiger partial charge in [-0.05, 0) is 13.3 Å². The molecule has 1 aromatic heterocycles. The van der Waals surface area contributed by atoms with Crippen LogP contribution in [0.1, 0.15) is 26.7 Å². The zero-order valence-corrected chi connectivity index (χ0v) is 9.82. The van der Waals surface area contributed by atoms with Crippen LogP contribution in [0, 0.1) is 0 Å². The van der Waals surface area contributed by atoms with Gasteiger partial charge in [0, 0.05) is 26.2 Å². The summed E-state index contributed by atoms with van der Waals surface area (Å²) < 4.78 is 0. The minimum absolute atomic E-state index is 0.870. The second-order valence-corrected chi connectivity index (χ2v) is 3.44. The standard InChI is InChI=1S/C11H20N4/c1-4-6-7-15(5-2)11-8-10(12-3)13-9-14-11/h8-9H,4-7H2,1-3H3,(H,12,13,14). The molecule has 0 bridgehead atoms. The van der Waals surface area contributed by atoms with E-state index in [9.17, 15) is 0 Å². The van der Waals surface area contributed by atoms with Gasteiger partial charge in [-0.25, -0.2) is 9.97 Å². The molecule has 0 saturated carbocycles. The van der Waals surface area contributed by atoms with Crippen LogP contribution in [0.3, 0.4) is 0 Å². The highest BCUT2D eigenvalue weighted by atomic mass is 15.2. The van der Waals surface area contributed by atoms with Crippen molar-refractivity contribution in [3.05, 3.63) is 12.4 Å². The maximum absolute atomic E-state index is 4.29. The van der Waals surface area contributed by atoms with Crippen molar-refractivity contribution in [2.45, 2.75) is 26.7 Å². The molecule has 0 radical (unpaired) electrons. The fourth-order valence-electron chi connectivity index (χ4n) is 1.44. The van der Waals surface area contributed by atoms with Crippen LogP contribution in [-0.2, 0) is 0 Å². The van der Waals surface area contributed by atoms with Crippen molar-refractivity contribution in [1.29, 1.82) is 0 Å². The Morgan fingerprint density at radius 2 is 2.13 bits per heavy atom. The summed E-state index contributed by atoms with van der Waals surface area (Å²) in [5.41, 5.74) is 0. The Morgan fingerprint density at radius 1 is 1.33 bits per heavy atom. The van der Waals surface area contributed by atoms with Gasteiger partial charge < -0.3 is 10.2 Å². The third-order valence-corrected chi connectivity index (χ3v) is 2.40. The lowest BCUT2D eigenvalue weighted by Gasteiger charge is -2.21. The Balaban J connectivity index is 2.72. The molecule has 0 unspecified atom stereocenters. The Bertz CT molecular complexity index is 288. The van der Waals surface area contributed by atoms with Crippen LogP contribution in [0.2, 0.25) is 0 Å². The van der Waals surface area contributed by atoms with E-state index < -0.39 is 0 Å². The van der Waals surface area contributed by atoms with Gasteiger partial charge in [0.1, 0.15) is 18.0 Å². The van der Waals surface area contributed by atoms with Crippen molar-refractivity contribution in [3.8, 4) is 0 Å². The summed E-state index contributed by atoms with van der Waals surface area (Å²) in [6.45, 7) is 6.40. The van der Waals surface area contributed by atoms with E-state index in [-0.39, 0.29) is 0 Å². The minimum atomic E-state index is 0.870. The molecular weight excluding hydrogens is 188 g/mol. The van der Waals surface area contributed by atoms with Gasteiger partial charge in [-0.15, -0.1) is 0 Å². The molecule has 1 heterocycles. The van der Waals surface area contributed by atoms with E-state index in [1.807, 2.05) is 13.1 Å². The average Bonchev–Trinajstić information content (AvgIpc) is 2.30. The highest BCUT2D eigenvalue weighted by Gasteiger charge is 2.05. The number of nitrogens with zero attached hydrogens (tertiary/aromatic N) is 3. The number of hydrogen-bond acceptors (Lipinski definition) is 4. The molecule has 0 aromatic carbocycles. The Labute approximate surface area is 91.7 Å². The van der Waals surface area contributed by atoms with Gasteiger partial charge in [-0.1, -0.05) is 13.3 Å². The van der Waals surface area contributed by atoms with Crippen molar-refractivity contribution in [2.75, 3.05) is 30.4 Å². The summed E-state index contributed by atoms with van der Waals surface area (Å²) in [4.78, 5) is 10.7. The maximum atomic E-state index is 4.29. The summed E-state index contributed by atoms with van der Waals surface area (Å²) in [7, 11) is 1.87. The van der Waals surface area contributed by atoms with Crippen molar-refractivity contribution in [1.82, 2.24) is 9.97 Å².